The number of nitrogens with two attached hydrogens (primary N) is 1. The standard InChI is InChI=1S/C11H13NO/c1-8(2)11(13)7-9-3-5-10(12)6-4-9/h3-6H,1,7,12H2,2H3. The topological polar surface area (TPSA) is 43.1 Å². The third kappa shape index (κ3) is 2.75. The maximum absolute atomic E-state index is 11.3. The molecule has 2 heteroatoms. The summed E-state index contributed by atoms with van der Waals surface area (Å²) >= 11 is 0. The van der Waals surface area contributed by atoms with E-state index in [1.54, 1.807) is 19.1 Å². The number of ketones is 1. The fourth-order valence-electron chi connectivity index (χ4n) is 0.972. The van der Waals surface area contributed by atoms with Crippen LogP contribution in [-0.4, -0.2) is 5.78 Å². The predicted molar refractivity (Wildman–Crippen MR) is 54.4 cm³/mol. The summed E-state index contributed by atoms with van der Waals surface area (Å²) < 4.78 is 0. The van der Waals surface area contributed by atoms with Crippen molar-refractivity contribution in [1.82, 2.24) is 0 Å². The Hall–Kier alpha value is -1.57. The summed E-state index contributed by atoms with van der Waals surface area (Å²) in [5.41, 5.74) is 7.80. The van der Waals surface area contributed by atoms with E-state index in [0.717, 1.165) is 5.56 Å². The van der Waals surface area contributed by atoms with Gasteiger partial charge in [0.05, 0.1) is 0 Å². The monoisotopic (exact) mass is 175 g/mol. The van der Waals surface area contributed by atoms with Gasteiger partial charge < -0.3 is 5.73 Å². The summed E-state index contributed by atoms with van der Waals surface area (Å²) in [6, 6.07) is 7.30. The Morgan fingerprint density at radius 1 is 1.38 bits per heavy atom. The van der Waals surface area contributed by atoms with Crippen LogP contribution in [0.5, 0.6) is 0 Å². The first-order valence-electron chi connectivity index (χ1n) is 4.12. The predicted octanol–water partition coefficient (Wildman–Crippen LogP) is 1.96. The molecule has 0 amide bonds. The van der Waals surface area contributed by atoms with Gasteiger partial charge in [-0.25, -0.2) is 0 Å². The van der Waals surface area contributed by atoms with E-state index in [-0.39, 0.29) is 5.78 Å². The third-order valence-electron chi connectivity index (χ3n) is 1.82. The summed E-state index contributed by atoms with van der Waals surface area (Å²) in [6.07, 6.45) is 0.412. The van der Waals surface area contributed by atoms with E-state index in [1.165, 1.54) is 0 Å². The van der Waals surface area contributed by atoms with Gasteiger partial charge in [-0.15, -0.1) is 0 Å². The first kappa shape index (κ1) is 9.52. The number of carbonyl (C=O) groups excluding carboxylic acids is 1. The smallest absolute Gasteiger partial charge is 0.162 e. The lowest BCUT2D eigenvalue weighted by molar-refractivity contribution is -0.114. The molecule has 2 nitrogen and oxygen atoms in total. The minimum atomic E-state index is 0.0739. The Morgan fingerprint density at radius 3 is 2.38 bits per heavy atom. The zero-order valence-electron chi connectivity index (χ0n) is 7.71. The Bertz CT molecular complexity index is 324. The molecule has 1 aromatic rings. The number of carbonyl (C=O) groups is 1. The highest BCUT2D eigenvalue weighted by atomic mass is 16.1. The molecule has 1 rings (SSSR count). The Balaban J connectivity index is 2.70. The van der Waals surface area contributed by atoms with E-state index in [2.05, 4.69) is 6.58 Å². The summed E-state index contributed by atoms with van der Waals surface area (Å²) in [5, 5.41) is 0. The molecular weight excluding hydrogens is 162 g/mol. The molecule has 0 aliphatic rings. The van der Waals surface area contributed by atoms with E-state index in [9.17, 15) is 4.79 Å². The zero-order valence-corrected chi connectivity index (χ0v) is 7.71. The fraction of sp³-hybridized carbons (Fsp3) is 0.182. The van der Waals surface area contributed by atoms with Gasteiger partial charge in [-0.1, -0.05) is 18.7 Å². The quantitative estimate of drug-likeness (QED) is 0.563. The van der Waals surface area contributed by atoms with Crippen molar-refractivity contribution in [1.29, 1.82) is 0 Å². The number of benzene rings is 1. The number of anilines is 1. The summed E-state index contributed by atoms with van der Waals surface area (Å²) in [4.78, 5) is 11.3. The second-order valence-electron chi connectivity index (χ2n) is 3.12. The average molecular weight is 175 g/mol. The summed E-state index contributed by atoms with van der Waals surface area (Å²) in [5.74, 6) is 0.0739. The van der Waals surface area contributed by atoms with E-state index < -0.39 is 0 Å². The Kier molecular flexibility index (Phi) is 2.85. The van der Waals surface area contributed by atoms with Crippen molar-refractivity contribution < 1.29 is 4.79 Å². The molecule has 68 valence electrons. The van der Waals surface area contributed by atoms with Gasteiger partial charge >= 0.3 is 0 Å². The number of rotatable bonds is 3. The molecule has 13 heavy (non-hydrogen) atoms. The van der Waals surface area contributed by atoms with Crippen molar-refractivity contribution in [2.75, 3.05) is 5.73 Å². The lowest BCUT2D eigenvalue weighted by Crippen LogP contribution is -2.02. The fourth-order valence-corrected chi connectivity index (χ4v) is 0.972. The highest BCUT2D eigenvalue weighted by Gasteiger charge is 2.03. The van der Waals surface area contributed by atoms with Crippen LogP contribution in [0.15, 0.2) is 36.4 Å². The van der Waals surface area contributed by atoms with Crippen LogP contribution in [0.1, 0.15) is 12.5 Å². The number of allylic oxidation sites excluding steroid dienone is 1. The molecule has 0 fully saturated rings. The molecule has 0 aliphatic heterocycles. The molecule has 0 heterocycles. The SMILES string of the molecule is C=C(C)C(=O)Cc1ccc(N)cc1. The molecule has 0 atom stereocenters. The van der Waals surface area contributed by atoms with Crippen molar-refractivity contribution in [2.45, 2.75) is 13.3 Å². The second-order valence-corrected chi connectivity index (χ2v) is 3.12. The second kappa shape index (κ2) is 3.90. The number of hydrogen-bond acceptors (Lipinski definition) is 2. The highest BCUT2D eigenvalue weighted by Crippen LogP contribution is 2.07. The van der Waals surface area contributed by atoms with Crippen LogP contribution in [0.4, 0.5) is 5.69 Å². The van der Waals surface area contributed by atoms with Crippen LogP contribution in [0.2, 0.25) is 0 Å². The van der Waals surface area contributed by atoms with E-state index in [1.807, 2.05) is 12.1 Å². The Labute approximate surface area is 78.1 Å². The number of Topliss-reactive ketones (excluding diaryl/α,β-unsaturated/α-hetero) is 1. The van der Waals surface area contributed by atoms with Crippen molar-refractivity contribution in [2.24, 2.45) is 0 Å². The van der Waals surface area contributed by atoms with Gasteiger partial charge in [0.2, 0.25) is 0 Å². The van der Waals surface area contributed by atoms with Gasteiger partial charge in [0.1, 0.15) is 0 Å². The van der Waals surface area contributed by atoms with Crippen LogP contribution in [0.25, 0.3) is 0 Å². The maximum Gasteiger partial charge on any atom is 0.162 e. The molecule has 0 radical (unpaired) electrons. The lowest BCUT2D eigenvalue weighted by Gasteiger charge is -2.00. The van der Waals surface area contributed by atoms with Gasteiger partial charge in [0.15, 0.2) is 5.78 Å². The van der Waals surface area contributed by atoms with Crippen molar-refractivity contribution >= 4 is 11.5 Å². The third-order valence-corrected chi connectivity index (χ3v) is 1.82. The largest absolute Gasteiger partial charge is 0.399 e. The molecule has 0 saturated heterocycles. The zero-order chi connectivity index (χ0) is 9.84. The summed E-state index contributed by atoms with van der Waals surface area (Å²) in [7, 11) is 0. The maximum atomic E-state index is 11.3. The normalized spacial score (nSPS) is 9.62. The molecule has 0 unspecified atom stereocenters. The Morgan fingerprint density at radius 2 is 1.92 bits per heavy atom. The highest BCUT2D eigenvalue weighted by molar-refractivity contribution is 5.95. The van der Waals surface area contributed by atoms with Gasteiger partial charge in [-0.3, -0.25) is 4.79 Å². The van der Waals surface area contributed by atoms with Crippen LogP contribution in [0.3, 0.4) is 0 Å². The van der Waals surface area contributed by atoms with Gasteiger partial charge in [-0.2, -0.15) is 0 Å². The molecule has 0 aliphatic carbocycles. The van der Waals surface area contributed by atoms with Gasteiger partial charge in [0, 0.05) is 12.1 Å². The van der Waals surface area contributed by atoms with Crippen LogP contribution in [-0.2, 0) is 11.2 Å². The van der Waals surface area contributed by atoms with Crippen LogP contribution in [0, 0.1) is 0 Å². The number of nitrogen functional groups attached to an aromatic ring is 1. The van der Waals surface area contributed by atoms with Gasteiger partial charge in [-0.05, 0) is 30.2 Å². The molecule has 2 N–H and O–H groups in total. The van der Waals surface area contributed by atoms with E-state index >= 15 is 0 Å². The van der Waals surface area contributed by atoms with Crippen molar-refractivity contribution in [3.05, 3.63) is 42.0 Å². The van der Waals surface area contributed by atoms with E-state index in [0.29, 0.717) is 17.7 Å². The van der Waals surface area contributed by atoms with E-state index in [4.69, 9.17) is 5.73 Å². The van der Waals surface area contributed by atoms with Crippen molar-refractivity contribution in [3.63, 3.8) is 0 Å². The van der Waals surface area contributed by atoms with Gasteiger partial charge in [0.25, 0.3) is 0 Å². The van der Waals surface area contributed by atoms with Crippen molar-refractivity contribution in [3.8, 4) is 0 Å². The minimum absolute atomic E-state index is 0.0739. The number of hydrogen-bond donors (Lipinski definition) is 1. The molecule has 1 aromatic carbocycles. The molecule has 0 spiro atoms. The lowest BCUT2D eigenvalue weighted by atomic mass is 10.1. The first-order chi connectivity index (χ1) is 6.09. The molecule has 0 bridgehead atoms. The average Bonchev–Trinajstić information content (AvgIpc) is 2.08. The summed E-state index contributed by atoms with van der Waals surface area (Å²) in [6.45, 7) is 5.32. The minimum Gasteiger partial charge on any atom is -0.399 e. The molecular formula is C11H13NO. The molecule has 0 saturated carbocycles. The first-order valence-corrected chi connectivity index (χ1v) is 4.12. The van der Waals surface area contributed by atoms with Crippen LogP contribution < -0.4 is 5.73 Å². The van der Waals surface area contributed by atoms with Crippen LogP contribution >= 0.6 is 0 Å². The molecule has 0 aromatic heterocycles.